The van der Waals surface area contributed by atoms with Gasteiger partial charge in [-0.25, -0.2) is 0 Å². The lowest BCUT2D eigenvalue weighted by Gasteiger charge is -2.12. The molecule has 5 heteroatoms. The van der Waals surface area contributed by atoms with Crippen molar-refractivity contribution in [2.24, 2.45) is 0 Å². The van der Waals surface area contributed by atoms with Gasteiger partial charge in [-0.1, -0.05) is 0 Å². The molecule has 0 unspecified atom stereocenters. The second-order valence-corrected chi connectivity index (χ2v) is 2.01. The molecule has 0 aromatic carbocycles. The number of hydrogen-bond donors (Lipinski definition) is 1. The van der Waals surface area contributed by atoms with Crippen LogP contribution in [0.5, 0.6) is 0 Å². The zero-order valence-electron chi connectivity index (χ0n) is 5.83. The van der Waals surface area contributed by atoms with Gasteiger partial charge in [0.1, 0.15) is 0 Å². The summed E-state index contributed by atoms with van der Waals surface area (Å²) in [4.78, 5) is 31.9. The van der Waals surface area contributed by atoms with E-state index in [1.165, 1.54) is 6.92 Å². The Kier molecular flexibility index (Phi) is 1.72. The summed E-state index contributed by atoms with van der Waals surface area (Å²) in [5.41, 5.74) is 2.07. The molecule has 0 spiro atoms. The number of carbonyl (C=O) groups excluding carboxylic acids is 3. The zero-order valence-corrected chi connectivity index (χ0v) is 5.83. The van der Waals surface area contributed by atoms with Crippen molar-refractivity contribution in [1.29, 1.82) is 0 Å². The highest BCUT2D eigenvalue weighted by Gasteiger charge is 2.23. The van der Waals surface area contributed by atoms with Crippen LogP contribution in [-0.4, -0.2) is 22.7 Å². The lowest BCUT2D eigenvalue weighted by Crippen LogP contribution is -2.44. The number of carbonyl (C=O) groups is 3. The Labute approximate surface area is 62.6 Å². The Morgan fingerprint density at radius 3 is 2.18 bits per heavy atom. The molecule has 1 aliphatic rings. The molecular weight excluding hydrogens is 148 g/mol. The third-order valence-electron chi connectivity index (χ3n) is 1.08. The van der Waals surface area contributed by atoms with Crippen LogP contribution in [0, 0.1) is 0 Å². The Morgan fingerprint density at radius 2 is 1.82 bits per heavy atom. The first-order chi connectivity index (χ1) is 5.11. The van der Waals surface area contributed by atoms with Gasteiger partial charge < -0.3 is 0 Å². The SMILES string of the molecule is CC(=O)NN1C(=O)C=CC1=O. The van der Waals surface area contributed by atoms with Crippen LogP contribution in [0.3, 0.4) is 0 Å². The van der Waals surface area contributed by atoms with Crippen LogP contribution in [0.2, 0.25) is 0 Å². The second-order valence-electron chi connectivity index (χ2n) is 2.01. The average molecular weight is 154 g/mol. The van der Waals surface area contributed by atoms with Crippen molar-refractivity contribution in [3.05, 3.63) is 12.2 Å². The largest absolute Gasteiger partial charge is 0.274 e. The summed E-state index contributed by atoms with van der Waals surface area (Å²) in [6.45, 7) is 1.22. The van der Waals surface area contributed by atoms with Gasteiger partial charge >= 0.3 is 0 Å². The van der Waals surface area contributed by atoms with Gasteiger partial charge in [-0.15, -0.1) is 0 Å². The summed E-state index contributed by atoms with van der Waals surface area (Å²) in [6.07, 6.45) is 2.19. The molecule has 58 valence electrons. The minimum Gasteiger partial charge on any atom is -0.274 e. The molecule has 1 rings (SSSR count). The number of imide groups is 1. The van der Waals surface area contributed by atoms with Crippen LogP contribution < -0.4 is 5.43 Å². The van der Waals surface area contributed by atoms with E-state index in [4.69, 9.17) is 0 Å². The highest BCUT2D eigenvalue weighted by Crippen LogP contribution is 1.98. The van der Waals surface area contributed by atoms with Gasteiger partial charge in [0.2, 0.25) is 5.91 Å². The second kappa shape index (κ2) is 2.53. The van der Waals surface area contributed by atoms with Crippen molar-refractivity contribution in [3.8, 4) is 0 Å². The Morgan fingerprint density at radius 1 is 1.36 bits per heavy atom. The van der Waals surface area contributed by atoms with E-state index in [2.05, 4.69) is 5.43 Å². The summed E-state index contributed by atoms with van der Waals surface area (Å²) < 4.78 is 0. The quantitative estimate of drug-likeness (QED) is 0.491. The Balaban J connectivity index is 2.66. The van der Waals surface area contributed by atoms with Gasteiger partial charge in [-0.05, 0) is 0 Å². The smallest absolute Gasteiger partial charge is 0.272 e. The third-order valence-corrected chi connectivity index (χ3v) is 1.08. The molecule has 11 heavy (non-hydrogen) atoms. The van der Waals surface area contributed by atoms with Crippen molar-refractivity contribution in [1.82, 2.24) is 10.4 Å². The maximum Gasteiger partial charge on any atom is 0.272 e. The number of rotatable bonds is 1. The monoisotopic (exact) mass is 154 g/mol. The summed E-state index contributed by atoms with van der Waals surface area (Å²) in [6, 6.07) is 0. The summed E-state index contributed by atoms with van der Waals surface area (Å²) >= 11 is 0. The predicted octanol–water partition coefficient (Wildman–Crippen LogP) is -1.04. The van der Waals surface area contributed by atoms with Gasteiger partial charge in [-0.3, -0.25) is 19.8 Å². The zero-order chi connectivity index (χ0) is 8.43. The van der Waals surface area contributed by atoms with E-state index in [-0.39, 0.29) is 0 Å². The van der Waals surface area contributed by atoms with Crippen LogP contribution in [0.4, 0.5) is 0 Å². The first-order valence-electron chi connectivity index (χ1n) is 2.94. The lowest BCUT2D eigenvalue weighted by atomic mass is 10.6. The molecule has 0 radical (unpaired) electrons. The molecule has 0 fully saturated rings. The maximum absolute atomic E-state index is 10.7. The molecule has 0 aromatic heterocycles. The average Bonchev–Trinajstić information content (AvgIpc) is 2.18. The van der Waals surface area contributed by atoms with Crippen molar-refractivity contribution >= 4 is 17.7 Å². The molecule has 0 bridgehead atoms. The van der Waals surface area contributed by atoms with Crippen LogP contribution in [0.1, 0.15) is 6.92 Å². The molecule has 0 saturated carbocycles. The van der Waals surface area contributed by atoms with Gasteiger partial charge in [-0.2, -0.15) is 5.01 Å². The molecule has 0 aliphatic carbocycles. The number of hydrogen-bond acceptors (Lipinski definition) is 3. The van der Waals surface area contributed by atoms with E-state index >= 15 is 0 Å². The van der Waals surface area contributed by atoms with Crippen molar-refractivity contribution in [3.63, 3.8) is 0 Å². The highest BCUT2D eigenvalue weighted by molar-refractivity contribution is 6.13. The van der Waals surface area contributed by atoms with Gasteiger partial charge in [0.05, 0.1) is 0 Å². The standard InChI is InChI=1S/C6H6N2O3/c1-4(9)7-8-5(10)2-3-6(8)11/h2-3H,1H3,(H,7,9). The highest BCUT2D eigenvalue weighted by atomic mass is 16.2. The fourth-order valence-corrected chi connectivity index (χ4v) is 0.668. The normalized spacial score (nSPS) is 15.9. The van der Waals surface area contributed by atoms with E-state index in [1.807, 2.05) is 0 Å². The van der Waals surface area contributed by atoms with Crippen molar-refractivity contribution in [2.45, 2.75) is 6.92 Å². The first kappa shape index (κ1) is 7.46. The molecule has 0 atom stereocenters. The van der Waals surface area contributed by atoms with E-state index in [1.54, 1.807) is 0 Å². The number of nitrogens with zero attached hydrogens (tertiary/aromatic N) is 1. The summed E-state index contributed by atoms with van der Waals surface area (Å²) in [7, 11) is 0. The molecule has 0 saturated heterocycles. The summed E-state index contributed by atoms with van der Waals surface area (Å²) in [5.74, 6) is -1.49. The predicted molar refractivity (Wildman–Crippen MR) is 34.8 cm³/mol. The maximum atomic E-state index is 10.7. The summed E-state index contributed by atoms with van der Waals surface area (Å²) in [5, 5.41) is 0.655. The Bertz CT molecular complexity index is 239. The van der Waals surface area contributed by atoms with E-state index < -0.39 is 17.7 Å². The minimum absolute atomic E-state index is 0.449. The molecule has 3 amide bonds. The minimum atomic E-state index is -0.523. The molecule has 5 nitrogen and oxygen atoms in total. The van der Waals surface area contributed by atoms with Crippen LogP contribution in [0.25, 0.3) is 0 Å². The van der Waals surface area contributed by atoms with Crippen LogP contribution in [-0.2, 0) is 14.4 Å². The fraction of sp³-hybridized carbons (Fsp3) is 0.167. The van der Waals surface area contributed by atoms with Crippen LogP contribution in [0.15, 0.2) is 12.2 Å². The molecule has 1 aliphatic heterocycles. The van der Waals surface area contributed by atoms with Crippen molar-refractivity contribution < 1.29 is 14.4 Å². The number of hydrazine groups is 1. The first-order valence-corrected chi connectivity index (χ1v) is 2.94. The van der Waals surface area contributed by atoms with E-state index in [9.17, 15) is 14.4 Å². The molecule has 1 heterocycles. The third kappa shape index (κ3) is 1.43. The van der Waals surface area contributed by atoms with Gasteiger partial charge in [0.25, 0.3) is 11.8 Å². The fourth-order valence-electron chi connectivity index (χ4n) is 0.668. The van der Waals surface area contributed by atoms with E-state index in [0.717, 1.165) is 12.2 Å². The molecular formula is C6H6N2O3. The van der Waals surface area contributed by atoms with Crippen molar-refractivity contribution in [2.75, 3.05) is 0 Å². The number of amides is 3. The van der Waals surface area contributed by atoms with E-state index in [0.29, 0.717) is 5.01 Å². The molecule has 1 N–H and O–H groups in total. The van der Waals surface area contributed by atoms with Gasteiger partial charge in [0, 0.05) is 19.1 Å². The molecule has 0 aromatic rings. The lowest BCUT2D eigenvalue weighted by molar-refractivity contribution is -0.145. The number of nitrogens with one attached hydrogen (secondary N) is 1. The topological polar surface area (TPSA) is 66.5 Å². The Hall–Kier alpha value is -1.65. The van der Waals surface area contributed by atoms with Crippen LogP contribution >= 0.6 is 0 Å². The van der Waals surface area contributed by atoms with Gasteiger partial charge in [0.15, 0.2) is 0 Å².